The quantitative estimate of drug-likeness (QED) is 0.325. The highest BCUT2D eigenvalue weighted by Crippen LogP contribution is 2.25. The molecule has 0 saturated heterocycles. The molecule has 0 radical (unpaired) electrons. The maximum absolute atomic E-state index is 10.0. The Balaban J connectivity index is 0. The van der Waals surface area contributed by atoms with Gasteiger partial charge >= 0.3 is 7.82 Å². The Labute approximate surface area is 110 Å². The minimum absolute atomic E-state index is 0.760. The van der Waals surface area contributed by atoms with E-state index >= 15 is 0 Å². The number of aldehydes is 1. The Morgan fingerprint density at radius 1 is 0.833 bits per heavy atom. The van der Waals surface area contributed by atoms with Crippen LogP contribution in [0, 0.1) is 0 Å². The first-order valence-electron chi connectivity index (χ1n) is 6.63. The maximum Gasteiger partial charge on any atom is 0.466 e. The average Bonchev–Trinajstić information content (AvgIpc) is 2.25. The van der Waals surface area contributed by atoms with Crippen molar-refractivity contribution in [3.63, 3.8) is 0 Å². The van der Waals surface area contributed by atoms with Crippen molar-refractivity contribution in [3.8, 4) is 0 Å². The predicted molar refractivity (Wildman–Crippen MR) is 72.2 cm³/mol. The molecule has 0 atom stereocenters. The maximum atomic E-state index is 10.0. The lowest BCUT2D eigenvalue weighted by Gasteiger charge is -1.99. The Morgan fingerprint density at radius 2 is 1.17 bits per heavy atom. The number of rotatable bonds is 10. The minimum atomic E-state index is -4.64. The van der Waals surface area contributed by atoms with E-state index in [0.717, 1.165) is 19.1 Å². The molecule has 0 bridgehead atoms. The van der Waals surface area contributed by atoms with Gasteiger partial charge in [0.15, 0.2) is 0 Å². The number of carbonyl (C=O) groups excluding carboxylic acids is 1. The summed E-state index contributed by atoms with van der Waals surface area (Å²) < 4.78 is 8.88. The van der Waals surface area contributed by atoms with E-state index in [2.05, 4.69) is 6.92 Å². The molecule has 0 aliphatic rings. The zero-order chi connectivity index (χ0) is 14.3. The molecule has 5 nitrogen and oxygen atoms in total. The SMILES string of the molecule is CCCCCCCCCCCC=O.O=P(O)(O)O. The van der Waals surface area contributed by atoms with Crippen molar-refractivity contribution >= 4 is 14.1 Å². The number of carbonyl (C=O) groups is 1. The molecule has 0 rings (SSSR count). The first kappa shape index (κ1) is 20.1. The van der Waals surface area contributed by atoms with Crippen molar-refractivity contribution in [2.45, 2.75) is 71.1 Å². The molecule has 0 spiro atoms. The van der Waals surface area contributed by atoms with Gasteiger partial charge in [0, 0.05) is 6.42 Å². The summed E-state index contributed by atoms with van der Waals surface area (Å²) in [4.78, 5) is 31.6. The normalized spacial score (nSPS) is 10.7. The summed E-state index contributed by atoms with van der Waals surface area (Å²) in [6.07, 6.45) is 13.7. The Morgan fingerprint density at radius 3 is 1.50 bits per heavy atom. The van der Waals surface area contributed by atoms with E-state index in [0.29, 0.717) is 0 Å². The van der Waals surface area contributed by atoms with Crippen LogP contribution in [0.4, 0.5) is 0 Å². The number of hydrogen-bond acceptors (Lipinski definition) is 2. The average molecular weight is 282 g/mol. The fourth-order valence-corrected chi connectivity index (χ4v) is 1.54. The van der Waals surface area contributed by atoms with Crippen LogP contribution in [-0.4, -0.2) is 21.0 Å². The molecular weight excluding hydrogens is 255 g/mol. The lowest BCUT2D eigenvalue weighted by Crippen LogP contribution is -1.81. The summed E-state index contributed by atoms with van der Waals surface area (Å²) in [5.74, 6) is 0. The van der Waals surface area contributed by atoms with E-state index in [9.17, 15) is 4.79 Å². The lowest BCUT2D eigenvalue weighted by atomic mass is 10.1. The third kappa shape index (κ3) is 36.0. The van der Waals surface area contributed by atoms with Crippen LogP contribution in [-0.2, 0) is 9.36 Å². The molecule has 0 heterocycles. The summed E-state index contributed by atoms with van der Waals surface area (Å²) in [5.41, 5.74) is 0. The third-order valence-corrected chi connectivity index (χ3v) is 2.43. The predicted octanol–water partition coefficient (Wildman–Crippen LogP) is 3.18. The van der Waals surface area contributed by atoms with Gasteiger partial charge in [0.05, 0.1) is 0 Å². The van der Waals surface area contributed by atoms with Gasteiger partial charge in [-0.1, -0.05) is 58.3 Å². The van der Waals surface area contributed by atoms with Crippen LogP contribution in [0.5, 0.6) is 0 Å². The van der Waals surface area contributed by atoms with Crippen LogP contribution in [0.1, 0.15) is 71.1 Å². The molecule has 18 heavy (non-hydrogen) atoms. The van der Waals surface area contributed by atoms with Crippen LogP contribution >= 0.6 is 7.82 Å². The number of phosphoric acid groups is 1. The van der Waals surface area contributed by atoms with Crippen molar-refractivity contribution in [1.29, 1.82) is 0 Å². The molecule has 0 aromatic heterocycles. The monoisotopic (exact) mass is 282 g/mol. The van der Waals surface area contributed by atoms with Crippen LogP contribution in [0.15, 0.2) is 0 Å². The largest absolute Gasteiger partial charge is 0.466 e. The van der Waals surface area contributed by atoms with Crippen molar-refractivity contribution in [3.05, 3.63) is 0 Å². The fourth-order valence-electron chi connectivity index (χ4n) is 1.54. The van der Waals surface area contributed by atoms with Gasteiger partial charge in [0.1, 0.15) is 6.29 Å². The van der Waals surface area contributed by atoms with Gasteiger partial charge in [-0.05, 0) is 6.42 Å². The molecule has 0 amide bonds. The first-order chi connectivity index (χ1) is 8.41. The Bertz CT molecular complexity index is 206. The van der Waals surface area contributed by atoms with E-state index < -0.39 is 7.82 Å². The van der Waals surface area contributed by atoms with Gasteiger partial charge < -0.3 is 19.5 Å². The second kappa shape index (κ2) is 14.8. The Hall–Kier alpha value is -0.220. The van der Waals surface area contributed by atoms with Crippen molar-refractivity contribution in [1.82, 2.24) is 0 Å². The van der Waals surface area contributed by atoms with Gasteiger partial charge in [0.25, 0.3) is 0 Å². The van der Waals surface area contributed by atoms with Crippen LogP contribution < -0.4 is 0 Å². The zero-order valence-electron chi connectivity index (χ0n) is 11.3. The molecule has 0 aromatic rings. The number of unbranched alkanes of at least 4 members (excludes halogenated alkanes) is 9. The lowest BCUT2D eigenvalue weighted by molar-refractivity contribution is -0.107. The Kier molecular flexibility index (Phi) is 16.6. The second-order valence-corrected chi connectivity index (χ2v) is 5.32. The summed E-state index contributed by atoms with van der Waals surface area (Å²) in [5, 5.41) is 0. The third-order valence-electron chi connectivity index (χ3n) is 2.43. The van der Waals surface area contributed by atoms with E-state index in [4.69, 9.17) is 19.2 Å². The number of hydrogen-bond donors (Lipinski definition) is 3. The van der Waals surface area contributed by atoms with Gasteiger partial charge in [-0.15, -0.1) is 0 Å². The molecule has 0 aliphatic heterocycles. The molecule has 110 valence electrons. The van der Waals surface area contributed by atoms with Crippen LogP contribution in [0.2, 0.25) is 0 Å². The standard InChI is InChI=1S/C12H24O.H3O4P/c1-2-3-4-5-6-7-8-9-10-11-12-13;1-5(2,3)4/h12H,2-11H2,1H3;(H3,1,2,3,4). The van der Waals surface area contributed by atoms with E-state index in [1.807, 2.05) is 0 Å². The fraction of sp³-hybridized carbons (Fsp3) is 0.917. The highest BCUT2D eigenvalue weighted by atomic mass is 31.2. The summed E-state index contributed by atoms with van der Waals surface area (Å²) in [7, 11) is -4.64. The van der Waals surface area contributed by atoms with Gasteiger partial charge in [-0.2, -0.15) is 0 Å². The summed E-state index contributed by atoms with van der Waals surface area (Å²) >= 11 is 0. The van der Waals surface area contributed by atoms with Crippen molar-refractivity contribution < 1.29 is 24.0 Å². The van der Waals surface area contributed by atoms with E-state index in [1.165, 1.54) is 51.4 Å². The molecule has 0 unspecified atom stereocenters. The molecule has 3 N–H and O–H groups in total. The second-order valence-electron chi connectivity index (χ2n) is 4.30. The molecule has 6 heteroatoms. The van der Waals surface area contributed by atoms with Crippen LogP contribution in [0.3, 0.4) is 0 Å². The molecule has 0 fully saturated rings. The highest BCUT2D eigenvalue weighted by molar-refractivity contribution is 7.45. The van der Waals surface area contributed by atoms with Crippen molar-refractivity contribution in [2.75, 3.05) is 0 Å². The van der Waals surface area contributed by atoms with Gasteiger partial charge in [0.2, 0.25) is 0 Å². The summed E-state index contributed by atoms with van der Waals surface area (Å²) in [6, 6.07) is 0. The van der Waals surface area contributed by atoms with Gasteiger partial charge in [-0.3, -0.25) is 0 Å². The van der Waals surface area contributed by atoms with Crippen LogP contribution in [0.25, 0.3) is 0 Å². The van der Waals surface area contributed by atoms with Gasteiger partial charge in [-0.25, -0.2) is 4.57 Å². The zero-order valence-corrected chi connectivity index (χ0v) is 12.1. The smallest absolute Gasteiger partial charge is 0.303 e. The molecule has 0 aromatic carbocycles. The molecular formula is C12H27O5P. The molecule has 0 saturated carbocycles. The topological polar surface area (TPSA) is 94.8 Å². The summed E-state index contributed by atoms with van der Waals surface area (Å²) in [6.45, 7) is 2.25. The highest BCUT2D eigenvalue weighted by Gasteiger charge is 2.00. The van der Waals surface area contributed by atoms with E-state index in [-0.39, 0.29) is 0 Å². The minimum Gasteiger partial charge on any atom is -0.303 e. The first-order valence-corrected chi connectivity index (χ1v) is 8.20. The van der Waals surface area contributed by atoms with E-state index in [1.54, 1.807) is 0 Å². The molecule has 0 aliphatic carbocycles. The van der Waals surface area contributed by atoms with Crippen molar-refractivity contribution in [2.24, 2.45) is 0 Å².